The number of nitrogens with two attached hydrogens (primary N) is 1. The van der Waals surface area contributed by atoms with Gasteiger partial charge in [-0.15, -0.1) is 11.3 Å². The van der Waals surface area contributed by atoms with Gasteiger partial charge < -0.3 is 11.1 Å². The average molecular weight is 351 g/mol. The van der Waals surface area contributed by atoms with Gasteiger partial charge in [0.2, 0.25) is 0 Å². The van der Waals surface area contributed by atoms with E-state index in [9.17, 15) is 4.79 Å². The number of benzene rings is 1. The van der Waals surface area contributed by atoms with Gasteiger partial charge in [-0.05, 0) is 12.1 Å². The Labute approximate surface area is 127 Å². The van der Waals surface area contributed by atoms with Crippen LogP contribution in [0.15, 0.2) is 34.9 Å². The molecule has 20 heavy (non-hydrogen) atoms. The predicted molar refractivity (Wildman–Crippen MR) is 85.1 cm³/mol. The van der Waals surface area contributed by atoms with Crippen molar-refractivity contribution in [2.75, 3.05) is 11.1 Å². The fourth-order valence-corrected chi connectivity index (χ4v) is 3.71. The molecule has 7 heteroatoms. The number of nitrogen functional groups attached to an aromatic ring is 1. The third-order valence-electron chi connectivity index (χ3n) is 2.86. The standard InChI is InChI=1S/C13H11BrN4OS/c1-18-6-5-9(17-18)16-13(19)12-11(15)10-7(14)3-2-4-8(10)20-12/h2-6H,15H2,1H3,(H,16,17,19). The van der Waals surface area contributed by atoms with E-state index in [1.54, 1.807) is 24.0 Å². The summed E-state index contributed by atoms with van der Waals surface area (Å²) in [4.78, 5) is 12.8. The van der Waals surface area contributed by atoms with E-state index in [0.717, 1.165) is 14.6 Å². The molecule has 0 saturated carbocycles. The molecule has 5 nitrogen and oxygen atoms in total. The molecule has 0 spiro atoms. The van der Waals surface area contributed by atoms with E-state index in [0.29, 0.717) is 16.4 Å². The SMILES string of the molecule is Cn1ccc(NC(=O)c2sc3cccc(Br)c3c2N)n1. The van der Waals surface area contributed by atoms with E-state index in [1.165, 1.54) is 11.3 Å². The second-order valence-corrected chi connectivity index (χ2v) is 6.19. The van der Waals surface area contributed by atoms with Crippen LogP contribution in [0.3, 0.4) is 0 Å². The summed E-state index contributed by atoms with van der Waals surface area (Å²) in [5, 5.41) is 7.74. The van der Waals surface area contributed by atoms with Crippen LogP contribution in [0.25, 0.3) is 10.1 Å². The molecule has 0 radical (unpaired) electrons. The van der Waals surface area contributed by atoms with E-state index in [2.05, 4.69) is 26.3 Å². The summed E-state index contributed by atoms with van der Waals surface area (Å²) in [7, 11) is 1.79. The van der Waals surface area contributed by atoms with Crippen LogP contribution in [-0.2, 0) is 7.05 Å². The molecule has 1 amide bonds. The minimum Gasteiger partial charge on any atom is -0.397 e. The number of nitrogens with zero attached hydrogens (tertiary/aromatic N) is 2. The fourth-order valence-electron chi connectivity index (χ4n) is 1.95. The number of carbonyl (C=O) groups excluding carboxylic acids is 1. The van der Waals surface area contributed by atoms with Crippen LogP contribution in [0.1, 0.15) is 9.67 Å². The van der Waals surface area contributed by atoms with Crippen LogP contribution < -0.4 is 11.1 Å². The maximum atomic E-state index is 12.3. The van der Waals surface area contributed by atoms with Gasteiger partial charge in [-0.1, -0.05) is 22.0 Å². The van der Waals surface area contributed by atoms with E-state index in [1.807, 2.05) is 18.2 Å². The van der Waals surface area contributed by atoms with Crippen molar-refractivity contribution >= 4 is 54.8 Å². The number of rotatable bonds is 2. The van der Waals surface area contributed by atoms with Gasteiger partial charge in [0.25, 0.3) is 5.91 Å². The second-order valence-electron chi connectivity index (χ2n) is 4.29. The van der Waals surface area contributed by atoms with Gasteiger partial charge in [-0.3, -0.25) is 9.48 Å². The van der Waals surface area contributed by atoms with Crippen molar-refractivity contribution in [1.29, 1.82) is 0 Å². The number of carbonyl (C=O) groups is 1. The summed E-state index contributed by atoms with van der Waals surface area (Å²) in [5.74, 6) is 0.266. The Morgan fingerprint density at radius 1 is 1.45 bits per heavy atom. The summed E-state index contributed by atoms with van der Waals surface area (Å²) < 4.78 is 3.49. The Morgan fingerprint density at radius 2 is 2.25 bits per heavy atom. The zero-order valence-electron chi connectivity index (χ0n) is 10.6. The van der Waals surface area contributed by atoms with Gasteiger partial charge in [0.1, 0.15) is 4.88 Å². The Bertz CT molecular complexity index is 808. The molecule has 2 aromatic heterocycles. The van der Waals surface area contributed by atoms with Crippen molar-refractivity contribution in [2.45, 2.75) is 0 Å². The number of nitrogens with one attached hydrogen (secondary N) is 1. The van der Waals surface area contributed by atoms with Crippen LogP contribution in [0.5, 0.6) is 0 Å². The first kappa shape index (κ1) is 13.1. The lowest BCUT2D eigenvalue weighted by Crippen LogP contribution is -2.12. The second kappa shape index (κ2) is 4.92. The number of thiophene rings is 1. The molecular formula is C13H11BrN4OS. The first-order valence-electron chi connectivity index (χ1n) is 5.84. The molecule has 0 unspecified atom stereocenters. The lowest BCUT2D eigenvalue weighted by atomic mass is 10.2. The van der Waals surface area contributed by atoms with Gasteiger partial charge in [-0.2, -0.15) is 5.10 Å². The molecule has 0 aliphatic carbocycles. The number of amides is 1. The van der Waals surface area contributed by atoms with Crippen LogP contribution in [-0.4, -0.2) is 15.7 Å². The molecule has 0 aliphatic heterocycles. The Balaban J connectivity index is 1.99. The first-order chi connectivity index (χ1) is 9.56. The maximum absolute atomic E-state index is 12.3. The first-order valence-corrected chi connectivity index (χ1v) is 7.44. The highest BCUT2D eigenvalue weighted by atomic mass is 79.9. The van der Waals surface area contributed by atoms with Gasteiger partial charge in [0, 0.05) is 33.9 Å². The molecule has 102 valence electrons. The number of anilines is 2. The average Bonchev–Trinajstić information content (AvgIpc) is 2.95. The highest BCUT2D eigenvalue weighted by molar-refractivity contribution is 9.10. The summed E-state index contributed by atoms with van der Waals surface area (Å²) in [6.07, 6.45) is 1.76. The number of halogens is 1. The fraction of sp³-hybridized carbons (Fsp3) is 0.0769. The van der Waals surface area contributed by atoms with Crippen LogP contribution in [0.2, 0.25) is 0 Å². The van der Waals surface area contributed by atoms with E-state index < -0.39 is 0 Å². The van der Waals surface area contributed by atoms with Crippen molar-refractivity contribution in [2.24, 2.45) is 7.05 Å². The molecule has 0 saturated heterocycles. The van der Waals surface area contributed by atoms with E-state index in [4.69, 9.17) is 5.73 Å². The summed E-state index contributed by atoms with van der Waals surface area (Å²) in [6, 6.07) is 7.50. The number of aryl methyl sites for hydroxylation is 1. The van der Waals surface area contributed by atoms with Crippen molar-refractivity contribution in [3.8, 4) is 0 Å². The molecule has 0 bridgehead atoms. The van der Waals surface area contributed by atoms with Crippen LogP contribution in [0, 0.1) is 0 Å². The smallest absolute Gasteiger partial charge is 0.269 e. The Morgan fingerprint density at radius 3 is 2.90 bits per heavy atom. The zero-order valence-corrected chi connectivity index (χ0v) is 13.0. The quantitative estimate of drug-likeness (QED) is 0.745. The molecule has 3 N–H and O–H groups in total. The monoisotopic (exact) mass is 350 g/mol. The van der Waals surface area contributed by atoms with Crippen molar-refractivity contribution in [1.82, 2.24) is 9.78 Å². The third-order valence-corrected chi connectivity index (χ3v) is 4.69. The highest BCUT2D eigenvalue weighted by Gasteiger charge is 2.18. The largest absolute Gasteiger partial charge is 0.397 e. The van der Waals surface area contributed by atoms with Crippen LogP contribution in [0.4, 0.5) is 11.5 Å². The van der Waals surface area contributed by atoms with Gasteiger partial charge in [-0.25, -0.2) is 0 Å². The number of aromatic nitrogens is 2. The predicted octanol–water partition coefficient (Wildman–Crippen LogP) is 3.23. The Kier molecular flexibility index (Phi) is 3.23. The Hall–Kier alpha value is -1.86. The summed E-state index contributed by atoms with van der Waals surface area (Å²) in [5.41, 5.74) is 6.59. The normalized spacial score (nSPS) is 10.9. The lowest BCUT2D eigenvalue weighted by molar-refractivity contribution is 0.103. The molecule has 3 aromatic rings. The third kappa shape index (κ3) is 2.19. The number of fused-ring (bicyclic) bond motifs is 1. The van der Waals surface area contributed by atoms with E-state index in [-0.39, 0.29) is 5.91 Å². The highest BCUT2D eigenvalue weighted by Crippen LogP contribution is 2.38. The van der Waals surface area contributed by atoms with Crippen molar-refractivity contribution in [3.05, 3.63) is 39.8 Å². The molecule has 1 aromatic carbocycles. The minimum atomic E-state index is -0.241. The topological polar surface area (TPSA) is 72.9 Å². The van der Waals surface area contributed by atoms with Gasteiger partial charge in [0.15, 0.2) is 5.82 Å². The molecule has 0 fully saturated rings. The van der Waals surface area contributed by atoms with Crippen LogP contribution >= 0.6 is 27.3 Å². The molecule has 0 atom stereocenters. The number of hydrogen-bond acceptors (Lipinski definition) is 4. The maximum Gasteiger partial charge on any atom is 0.269 e. The molecule has 0 aliphatic rings. The number of hydrogen-bond donors (Lipinski definition) is 2. The van der Waals surface area contributed by atoms with Gasteiger partial charge in [0.05, 0.1) is 5.69 Å². The summed E-state index contributed by atoms with van der Waals surface area (Å²) in [6.45, 7) is 0. The molecule has 2 heterocycles. The van der Waals surface area contributed by atoms with Crippen molar-refractivity contribution in [3.63, 3.8) is 0 Å². The molecule has 3 rings (SSSR count). The summed E-state index contributed by atoms with van der Waals surface area (Å²) >= 11 is 4.83. The zero-order chi connectivity index (χ0) is 14.3. The lowest BCUT2D eigenvalue weighted by Gasteiger charge is -2.00. The minimum absolute atomic E-state index is 0.241. The van der Waals surface area contributed by atoms with Gasteiger partial charge >= 0.3 is 0 Å². The van der Waals surface area contributed by atoms with E-state index >= 15 is 0 Å². The van der Waals surface area contributed by atoms with Crippen molar-refractivity contribution < 1.29 is 4.79 Å². The molecular weight excluding hydrogens is 340 g/mol.